The van der Waals surface area contributed by atoms with Gasteiger partial charge in [0, 0.05) is 41.8 Å². The smallest absolute Gasteiger partial charge is 0.545 e. The number of carboxylic acids is 1. The molecule has 0 saturated carbocycles. The molecule has 0 amide bonds. The Morgan fingerprint density at radius 1 is 1.00 bits per heavy atom. The summed E-state index contributed by atoms with van der Waals surface area (Å²) >= 11 is 0. The van der Waals surface area contributed by atoms with Gasteiger partial charge in [-0.3, -0.25) is 4.98 Å². The number of nitrogens with zero attached hydrogens (tertiary/aromatic N) is 3. The number of aromatic carboxylic acids is 1. The predicted molar refractivity (Wildman–Crippen MR) is 122 cm³/mol. The van der Waals surface area contributed by atoms with Crippen LogP contribution in [0, 0.1) is 0 Å². The number of ether oxygens (including phenoxy) is 1. The summed E-state index contributed by atoms with van der Waals surface area (Å²) < 4.78 is 7.68. The molecule has 0 aliphatic rings. The minimum Gasteiger partial charge on any atom is -0.545 e. The van der Waals surface area contributed by atoms with E-state index in [1.54, 1.807) is 23.2 Å². The third kappa shape index (κ3) is 6.57. The Kier molecular flexibility index (Phi) is 9.04. The number of carbonyl (C=O) groups is 1. The number of benzene rings is 2. The predicted octanol–water partition coefficient (Wildman–Crippen LogP) is 0.684. The standard InChI is InChI=1S/C26H23N3O4.Na/c1-32-28-25(19-8-7-12-23(15-19)33-22-10-3-2-4-11-22)18-29-16-20(24(17-29)26(30)31)14-21-9-5-6-13-27-21;/h2-13,15-17H,14,18H2,1H3,(H,30,31);/q;+1/p-1/b28-25+;. The van der Waals surface area contributed by atoms with E-state index in [4.69, 9.17) is 9.57 Å². The molecule has 0 saturated heterocycles. The molecule has 7 nitrogen and oxygen atoms in total. The van der Waals surface area contributed by atoms with Gasteiger partial charge in [0.1, 0.15) is 24.3 Å². The summed E-state index contributed by atoms with van der Waals surface area (Å²) in [7, 11) is 1.47. The van der Waals surface area contributed by atoms with Crippen LogP contribution in [0.5, 0.6) is 11.5 Å². The quantitative estimate of drug-likeness (QED) is 0.207. The van der Waals surface area contributed by atoms with E-state index < -0.39 is 5.97 Å². The fraction of sp³-hybridized carbons (Fsp3) is 0.115. The molecule has 0 atom stereocenters. The van der Waals surface area contributed by atoms with E-state index in [0.29, 0.717) is 30.0 Å². The van der Waals surface area contributed by atoms with Gasteiger partial charge >= 0.3 is 29.6 Å². The molecule has 0 N–H and O–H groups in total. The van der Waals surface area contributed by atoms with E-state index in [1.807, 2.05) is 72.8 Å². The number of carboxylic acid groups (broad SMARTS) is 1. The molecule has 0 bridgehead atoms. The Balaban J connectivity index is 0.00000324. The molecule has 4 aromatic rings. The van der Waals surface area contributed by atoms with Crippen molar-refractivity contribution in [2.75, 3.05) is 7.11 Å². The van der Waals surface area contributed by atoms with Gasteiger partial charge in [0.25, 0.3) is 0 Å². The Hall–Kier alpha value is -3.39. The van der Waals surface area contributed by atoms with Crippen molar-refractivity contribution in [3.05, 3.63) is 114 Å². The van der Waals surface area contributed by atoms with Gasteiger partial charge in [-0.15, -0.1) is 0 Å². The molecule has 8 heteroatoms. The minimum absolute atomic E-state index is 0. The van der Waals surface area contributed by atoms with Crippen LogP contribution in [0.25, 0.3) is 0 Å². The van der Waals surface area contributed by atoms with E-state index in [0.717, 1.165) is 17.0 Å². The van der Waals surface area contributed by atoms with Gasteiger partial charge in [0.2, 0.25) is 0 Å². The van der Waals surface area contributed by atoms with Gasteiger partial charge in [-0.2, -0.15) is 0 Å². The molecule has 0 spiro atoms. The summed E-state index contributed by atoms with van der Waals surface area (Å²) in [4.78, 5) is 21.1. The number of hydrogen-bond donors (Lipinski definition) is 0. The molecule has 0 aliphatic carbocycles. The minimum atomic E-state index is -1.23. The summed E-state index contributed by atoms with van der Waals surface area (Å²) in [6, 6.07) is 22.5. The third-order valence-corrected chi connectivity index (χ3v) is 4.96. The second-order valence-electron chi connectivity index (χ2n) is 7.32. The average molecular weight is 463 g/mol. The topological polar surface area (TPSA) is 88.8 Å². The van der Waals surface area contributed by atoms with Crippen molar-refractivity contribution in [2.24, 2.45) is 5.16 Å². The van der Waals surface area contributed by atoms with E-state index in [2.05, 4.69) is 10.1 Å². The van der Waals surface area contributed by atoms with E-state index in [9.17, 15) is 9.90 Å². The Morgan fingerprint density at radius 2 is 1.76 bits per heavy atom. The van der Waals surface area contributed by atoms with Crippen LogP contribution in [-0.2, 0) is 17.8 Å². The zero-order chi connectivity index (χ0) is 23.0. The van der Waals surface area contributed by atoms with Gasteiger partial charge in [-0.05, 0) is 42.0 Å². The Morgan fingerprint density at radius 3 is 2.47 bits per heavy atom. The first kappa shape index (κ1) is 25.2. The molecule has 166 valence electrons. The Bertz CT molecular complexity index is 1260. The molecule has 2 aromatic heterocycles. The maximum atomic E-state index is 11.7. The second kappa shape index (κ2) is 12.2. The van der Waals surface area contributed by atoms with Crippen molar-refractivity contribution < 1.29 is 49.0 Å². The van der Waals surface area contributed by atoms with Crippen molar-refractivity contribution in [3.8, 4) is 11.5 Å². The van der Waals surface area contributed by atoms with E-state index >= 15 is 0 Å². The van der Waals surface area contributed by atoms with Gasteiger partial charge in [-0.1, -0.05) is 41.6 Å². The van der Waals surface area contributed by atoms with Gasteiger partial charge in [0.05, 0.1) is 12.5 Å². The second-order valence-corrected chi connectivity index (χ2v) is 7.32. The molecule has 0 aliphatic heterocycles. The summed E-state index contributed by atoms with van der Waals surface area (Å²) in [6.45, 7) is 0.297. The van der Waals surface area contributed by atoms with Gasteiger partial charge in [0.15, 0.2) is 0 Å². The van der Waals surface area contributed by atoms with Crippen molar-refractivity contribution in [3.63, 3.8) is 0 Å². The van der Waals surface area contributed by atoms with Crippen molar-refractivity contribution >= 4 is 11.7 Å². The van der Waals surface area contributed by atoms with Crippen LogP contribution < -0.4 is 39.4 Å². The third-order valence-electron chi connectivity index (χ3n) is 4.96. The number of pyridine rings is 1. The molecule has 2 heterocycles. The number of para-hydroxylation sites is 1. The fourth-order valence-electron chi connectivity index (χ4n) is 3.49. The maximum Gasteiger partial charge on any atom is 1.00 e. The summed E-state index contributed by atoms with van der Waals surface area (Å²) in [5.74, 6) is 0.146. The molecule has 34 heavy (non-hydrogen) atoms. The molecule has 4 rings (SSSR count). The van der Waals surface area contributed by atoms with Crippen molar-refractivity contribution in [1.82, 2.24) is 9.55 Å². The number of aromatic nitrogens is 2. The van der Waals surface area contributed by atoms with Crippen LogP contribution in [0.1, 0.15) is 27.2 Å². The van der Waals surface area contributed by atoms with E-state index in [-0.39, 0.29) is 35.1 Å². The summed E-state index contributed by atoms with van der Waals surface area (Å²) in [5, 5.41) is 15.9. The molecule has 0 unspecified atom stereocenters. The first-order valence-electron chi connectivity index (χ1n) is 10.4. The van der Waals surface area contributed by atoms with Crippen LogP contribution in [0.3, 0.4) is 0 Å². The summed E-state index contributed by atoms with van der Waals surface area (Å²) in [6.07, 6.45) is 5.38. The van der Waals surface area contributed by atoms with Gasteiger partial charge < -0.3 is 24.0 Å². The Labute approximate surface area is 220 Å². The molecular weight excluding hydrogens is 441 g/mol. The first-order valence-corrected chi connectivity index (χ1v) is 10.4. The number of hydrogen-bond acceptors (Lipinski definition) is 6. The molecule has 0 radical (unpaired) electrons. The number of oxime groups is 1. The van der Waals surface area contributed by atoms with E-state index in [1.165, 1.54) is 7.11 Å². The largest absolute Gasteiger partial charge is 1.00 e. The molecule has 0 fully saturated rings. The van der Waals surface area contributed by atoms with Crippen LogP contribution in [-0.4, -0.2) is 28.3 Å². The molecule has 2 aromatic carbocycles. The monoisotopic (exact) mass is 463 g/mol. The first-order chi connectivity index (χ1) is 16.1. The van der Waals surface area contributed by atoms with Crippen LogP contribution >= 0.6 is 0 Å². The van der Waals surface area contributed by atoms with Crippen molar-refractivity contribution in [2.45, 2.75) is 13.0 Å². The van der Waals surface area contributed by atoms with Crippen LogP contribution in [0.2, 0.25) is 0 Å². The van der Waals surface area contributed by atoms with Crippen LogP contribution in [0.4, 0.5) is 0 Å². The summed E-state index contributed by atoms with van der Waals surface area (Å²) in [5.41, 5.74) is 2.92. The van der Waals surface area contributed by atoms with Crippen LogP contribution in [0.15, 0.2) is 96.5 Å². The maximum absolute atomic E-state index is 11.7. The number of carbonyl (C=O) groups excluding carboxylic acids is 1. The normalized spacial score (nSPS) is 10.9. The zero-order valence-corrected chi connectivity index (χ0v) is 21.0. The molecular formula is C26H22N3NaO4. The zero-order valence-electron chi connectivity index (χ0n) is 19.0. The average Bonchev–Trinajstić information content (AvgIpc) is 3.23. The van der Waals surface area contributed by atoms with Gasteiger partial charge in [-0.25, -0.2) is 0 Å². The van der Waals surface area contributed by atoms with Crippen molar-refractivity contribution in [1.29, 1.82) is 0 Å². The fourth-order valence-corrected chi connectivity index (χ4v) is 3.49. The number of rotatable bonds is 9. The SMILES string of the molecule is CO/N=C(\Cn1cc(Cc2ccccn2)c(C(=O)[O-])c1)c1cccc(Oc2ccccc2)c1.[Na+].